The van der Waals surface area contributed by atoms with Crippen molar-refractivity contribution in [1.29, 1.82) is 0 Å². The van der Waals surface area contributed by atoms with Gasteiger partial charge in [0.2, 0.25) is 6.79 Å². The Kier molecular flexibility index (Phi) is 12.7. The Bertz CT molecular complexity index is 1960. The summed E-state index contributed by atoms with van der Waals surface area (Å²) in [5.41, 5.74) is -2.46. The maximum absolute atomic E-state index is 14.0. The topological polar surface area (TPSA) is 235 Å². The van der Waals surface area contributed by atoms with Crippen molar-refractivity contribution in [2.24, 2.45) is 23.7 Å². The molecule has 55 heavy (non-hydrogen) atoms. The van der Waals surface area contributed by atoms with Gasteiger partial charge in [0.05, 0.1) is 42.2 Å². The van der Waals surface area contributed by atoms with Crippen LogP contribution in [-0.4, -0.2) is 92.8 Å². The number of phenolic OH excluding ortho intramolecular Hbond substituents is 1. The molecule has 8 atom stereocenters. The number of carbonyl (C=O) groups is 5. The molecule has 3 aliphatic heterocycles. The number of ether oxygens (including phenoxy) is 4. The number of nitrogens with one attached hydrogen (secondary N) is 1. The lowest BCUT2D eigenvalue weighted by Crippen LogP contribution is -2.52. The van der Waals surface area contributed by atoms with Crippen molar-refractivity contribution in [1.82, 2.24) is 0 Å². The van der Waals surface area contributed by atoms with Gasteiger partial charge in [-0.3, -0.25) is 24.0 Å². The molecule has 0 fully saturated rings. The maximum atomic E-state index is 14.0. The summed E-state index contributed by atoms with van der Waals surface area (Å²) < 4.78 is 22.2. The number of aromatic hydroxyl groups is 1. The number of hydrogen-bond acceptors (Lipinski definition) is 14. The van der Waals surface area contributed by atoms with Gasteiger partial charge >= 0.3 is 11.9 Å². The predicted molar refractivity (Wildman–Crippen MR) is 197 cm³/mol. The number of amides is 1. The van der Waals surface area contributed by atoms with Gasteiger partial charge in [0, 0.05) is 47.0 Å². The monoisotopic (exact) mass is 767 g/mol. The van der Waals surface area contributed by atoms with E-state index in [-0.39, 0.29) is 61.9 Å². The molecule has 3 heterocycles. The summed E-state index contributed by atoms with van der Waals surface area (Å²) in [6.07, 6.45) is 0.0247. The minimum Gasteiger partial charge on any atom is -0.505 e. The van der Waals surface area contributed by atoms with Crippen LogP contribution in [0.3, 0.4) is 0 Å². The zero-order chi connectivity index (χ0) is 41.4. The normalized spacial score (nSPS) is 29.5. The van der Waals surface area contributed by atoms with Gasteiger partial charge in [0.1, 0.15) is 34.6 Å². The summed E-state index contributed by atoms with van der Waals surface area (Å²) in [6, 6.07) is 0. The van der Waals surface area contributed by atoms with Crippen LogP contribution in [0.5, 0.6) is 11.5 Å². The van der Waals surface area contributed by atoms with Crippen LogP contribution >= 0.6 is 0 Å². The molecular formula is C40H49NO14. The number of rotatable bonds is 2. The zero-order valence-corrected chi connectivity index (χ0v) is 32.5. The summed E-state index contributed by atoms with van der Waals surface area (Å²) >= 11 is 0. The fourth-order valence-corrected chi connectivity index (χ4v) is 7.13. The highest BCUT2D eigenvalue weighted by Gasteiger charge is 2.47. The van der Waals surface area contributed by atoms with Crippen molar-refractivity contribution in [3.8, 4) is 11.5 Å². The number of carbonyl (C=O) groups excluding carboxylic acids is 5. The molecule has 15 nitrogen and oxygen atoms in total. The Hall–Kier alpha value is -5.09. The number of benzene rings is 1. The molecule has 0 radical (unpaired) electrons. The van der Waals surface area contributed by atoms with E-state index in [4.69, 9.17) is 18.9 Å². The fraction of sp³-hybridized carbons (Fsp3) is 0.475. The van der Waals surface area contributed by atoms with Gasteiger partial charge in [0.15, 0.2) is 11.5 Å². The number of aliphatic hydroxyl groups is 4. The summed E-state index contributed by atoms with van der Waals surface area (Å²) in [6.45, 7) is 12.0. The number of methoxy groups -OCH3 is 1. The molecule has 1 aromatic carbocycles. The third-order valence-electron chi connectivity index (χ3n) is 10.4. The van der Waals surface area contributed by atoms with Crippen LogP contribution < -0.4 is 10.1 Å². The maximum Gasteiger partial charge on any atom is 0.313 e. The van der Waals surface area contributed by atoms with E-state index in [2.05, 4.69) is 5.32 Å². The van der Waals surface area contributed by atoms with E-state index in [1.807, 2.05) is 0 Å². The number of Topliss-reactive ketones (excluding diaryl/α,β-unsaturated/α-hetero) is 2. The number of esters is 2. The first-order valence-corrected chi connectivity index (χ1v) is 17.7. The number of aliphatic hydroxyl groups excluding tert-OH is 3. The van der Waals surface area contributed by atoms with Crippen molar-refractivity contribution in [2.75, 3.05) is 19.2 Å². The Balaban J connectivity index is 2.07. The number of hydrogen-bond donors (Lipinski definition) is 6. The van der Waals surface area contributed by atoms with Crippen LogP contribution in [0.1, 0.15) is 76.9 Å². The standard InChI is InChI=1S/C40H49NO14/c1-16-12-11-13-17(2)38(49)41-28-19(4)36(55-23(8)42)24-25(33(28)47)31(45)21(6)35-26(24)34(53-15-54-35)18(3)14-40(9,51)37(48)22(7)32(46)27(39(50)52-10)30(44)20(5)29(16)43/h11-14,16,20,22,27,30,32,37,44,46-48,51H,15H2,1-10H3,(H,41,49)/t16-,20-,22-,27-,30-,32-,37-,40+/m1/s1. The smallest absolute Gasteiger partial charge is 0.313 e. The summed E-state index contributed by atoms with van der Waals surface area (Å²) in [7, 11) is 1.04. The van der Waals surface area contributed by atoms with Crippen LogP contribution in [0.4, 0.5) is 5.69 Å². The van der Waals surface area contributed by atoms with Crippen LogP contribution in [-0.2, 0) is 33.4 Å². The molecule has 0 saturated heterocycles. The molecular weight excluding hydrogens is 718 g/mol. The van der Waals surface area contributed by atoms with E-state index in [0.29, 0.717) is 0 Å². The number of ketones is 2. The van der Waals surface area contributed by atoms with E-state index in [1.54, 1.807) is 0 Å². The number of phenols is 1. The highest BCUT2D eigenvalue weighted by atomic mass is 16.7. The molecule has 1 aromatic rings. The third kappa shape index (κ3) is 8.01. The molecule has 5 rings (SSSR count). The van der Waals surface area contributed by atoms with Gasteiger partial charge in [-0.25, -0.2) is 0 Å². The third-order valence-corrected chi connectivity index (χ3v) is 10.4. The van der Waals surface area contributed by atoms with Crippen molar-refractivity contribution in [3.05, 3.63) is 69.2 Å². The van der Waals surface area contributed by atoms with Crippen LogP contribution in [0, 0.1) is 30.6 Å². The molecule has 0 unspecified atom stereocenters. The average Bonchev–Trinajstić information content (AvgIpc) is 3.13. The average molecular weight is 768 g/mol. The first-order valence-electron chi connectivity index (χ1n) is 17.7. The van der Waals surface area contributed by atoms with E-state index in [9.17, 15) is 49.5 Å². The number of allylic oxidation sites excluding steroid dienone is 6. The Morgan fingerprint density at radius 2 is 1.56 bits per heavy atom. The van der Waals surface area contributed by atoms with E-state index >= 15 is 0 Å². The predicted octanol–water partition coefficient (Wildman–Crippen LogP) is 3.31. The lowest BCUT2D eigenvalue weighted by Gasteiger charge is -2.38. The van der Waals surface area contributed by atoms with Crippen LogP contribution in [0.2, 0.25) is 0 Å². The second kappa shape index (κ2) is 16.3. The van der Waals surface area contributed by atoms with E-state index in [0.717, 1.165) is 14.0 Å². The highest BCUT2D eigenvalue weighted by molar-refractivity contribution is 6.21. The molecule has 15 heteroatoms. The summed E-state index contributed by atoms with van der Waals surface area (Å²) in [4.78, 5) is 66.4. The van der Waals surface area contributed by atoms with Gasteiger partial charge in [-0.05, 0) is 46.3 Å². The van der Waals surface area contributed by atoms with Gasteiger partial charge in [-0.1, -0.05) is 39.0 Å². The van der Waals surface area contributed by atoms with Crippen molar-refractivity contribution < 1.29 is 68.5 Å². The molecule has 0 spiro atoms. The molecule has 6 N–H and O–H groups in total. The molecule has 1 amide bonds. The van der Waals surface area contributed by atoms with Gasteiger partial charge < -0.3 is 49.8 Å². The van der Waals surface area contributed by atoms with Crippen LogP contribution in [0.15, 0.2) is 52.5 Å². The quantitative estimate of drug-likeness (QED) is 0.144. The zero-order valence-electron chi connectivity index (χ0n) is 32.5. The van der Waals surface area contributed by atoms with Crippen molar-refractivity contribution in [2.45, 2.75) is 86.2 Å². The first kappa shape index (κ1) is 42.6. The van der Waals surface area contributed by atoms with Gasteiger partial charge in [0.25, 0.3) is 5.91 Å². The van der Waals surface area contributed by atoms with Gasteiger partial charge in [-0.15, -0.1) is 0 Å². The molecule has 4 aliphatic rings. The van der Waals surface area contributed by atoms with Crippen LogP contribution in [0.25, 0.3) is 5.57 Å². The van der Waals surface area contributed by atoms with E-state index < -0.39 is 89.5 Å². The molecule has 0 aromatic heterocycles. The second-order valence-corrected chi connectivity index (χ2v) is 14.5. The Labute approximate surface area is 318 Å². The Morgan fingerprint density at radius 1 is 0.945 bits per heavy atom. The SMILES string of the molecule is COC(=O)[C@H]1[C@H](O)[C@@H](C)[C@@H](O)[C@@](C)(O)C=C(C)C2=C3C(=C(C)C(=O)c4c(O)c(c(C)c(OC(C)=O)c43)NC(=O)C(C)=CC=C[C@@H](C)C(=O)[C@@H](C)[C@H]1O)OCO2. The lowest BCUT2D eigenvalue weighted by molar-refractivity contribution is -0.166. The molecule has 1 aliphatic carbocycles. The van der Waals surface area contributed by atoms with E-state index in [1.165, 1.54) is 79.7 Å². The number of fused-ring (bicyclic) bond motifs is 14. The summed E-state index contributed by atoms with van der Waals surface area (Å²) in [5.74, 6) is -9.80. The minimum atomic E-state index is -2.19. The molecule has 4 bridgehead atoms. The largest absolute Gasteiger partial charge is 0.505 e. The molecule has 0 saturated carbocycles. The highest BCUT2D eigenvalue weighted by Crippen LogP contribution is 2.53. The van der Waals surface area contributed by atoms with Crippen molar-refractivity contribution in [3.63, 3.8) is 0 Å². The fourth-order valence-electron chi connectivity index (χ4n) is 7.13. The van der Waals surface area contributed by atoms with Gasteiger partial charge in [-0.2, -0.15) is 0 Å². The summed E-state index contributed by atoms with van der Waals surface area (Å²) in [5, 5.41) is 60.4. The second-order valence-electron chi connectivity index (χ2n) is 14.5. The Morgan fingerprint density at radius 3 is 2.16 bits per heavy atom. The number of anilines is 1. The first-order chi connectivity index (χ1) is 25.6. The molecule has 298 valence electrons. The van der Waals surface area contributed by atoms with Crippen molar-refractivity contribution >= 4 is 40.7 Å². The minimum absolute atomic E-state index is 0.00714. The lowest BCUT2D eigenvalue weighted by atomic mass is 9.75.